The minimum atomic E-state index is -0.928. The summed E-state index contributed by atoms with van der Waals surface area (Å²) in [6.45, 7) is 3.00. The molecule has 6 nitrogen and oxygen atoms in total. The summed E-state index contributed by atoms with van der Waals surface area (Å²) in [7, 11) is 0. The summed E-state index contributed by atoms with van der Waals surface area (Å²) in [4.78, 5) is 32.5. The zero-order chi connectivity index (χ0) is 20.3. The van der Waals surface area contributed by atoms with Gasteiger partial charge in [0.05, 0.1) is 6.42 Å². The molecule has 2 aromatic rings. The molecule has 0 radical (unpaired) electrons. The van der Waals surface area contributed by atoms with Gasteiger partial charge in [0.15, 0.2) is 0 Å². The molecule has 1 atom stereocenters. The van der Waals surface area contributed by atoms with Crippen LogP contribution in [0.1, 0.15) is 42.4 Å². The van der Waals surface area contributed by atoms with E-state index >= 15 is 0 Å². The topological polar surface area (TPSA) is 73.7 Å². The summed E-state index contributed by atoms with van der Waals surface area (Å²) in [5.41, 5.74) is 3.51. The van der Waals surface area contributed by atoms with Crippen molar-refractivity contribution in [3.05, 3.63) is 65.5 Å². The van der Waals surface area contributed by atoms with Crippen molar-refractivity contribution in [2.75, 3.05) is 13.1 Å². The van der Waals surface area contributed by atoms with E-state index in [0.29, 0.717) is 13.1 Å². The van der Waals surface area contributed by atoms with Crippen LogP contribution in [-0.4, -0.2) is 50.4 Å². The first-order valence-electron chi connectivity index (χ1n) is 10.3. The van der Waals surface area contributed by atoms with Gasteiger partial charge in [0.1, 0.15) is 0 Å². The molecule has 1 fully saturated rings. The lowest BCUT2D eigenvalue weighted by atomic mass is 9.87. The van der Waals surface area contributed by atoms with E-state index in [1.807, 2.05) is 23.2 Å². The van der Waals surface area contributed by atoms with Gasteiger partial charge in [-0.15, -0.1) is 0 Å². The van der Waals surface area contributed by atoms with Gasteiger partial charge in [0.2, 0.25) is 5.91 Å². The maximum Gasteiger partial charge on any atom is 0.303 e. The van der Waals surface area contributed by atoms with E-state index in [4.69, 9.17) is 5.11 Å². The SMILES string of the molecule is O=C(O)CCC(=O)N1Cc2ccccc2CC2(CCCN2Cc2cccnc2)C1. The number of amides is 1. The van der Waals surface area contributed by atoms with Gasteiger partial charge in [-0.25, -0.2) is 0 Å². The molecule has 4 rings (SSSR count). The fraction of sp³-hybridized carbons (Fsp3) is 0.435. The molecule has 1 unspecified atom stereocenters. The fourth-order valence-electron chi connectivity index (χ4n) is 4.79. The van der Waals surface area contributed by atoms with Gasteiger partial charge < -0.3 is 10.0 Å². The van der Waals surface area contributed by atoms with E-state index in [1.54, 1.807) is 6.20 Å². The lowest BCUT2D eigenvalue weighted by Crippen LogP contribution is -2.53. The number of aromatic nitrogens is 1. The third kappa shape index (κ3) is 4.32. The Morgan fingerprint density at radius 1 is 1.10 bits per heavy atom. The first-order valence-corrected chi connectivity index (χ1v) is 10.3. The van der Waals surface area contributed by atoms with E-state index < -0.39 is 5.97 Å². The lowest BCUT2D eigenvalue weighted by Gasteiger charge is -2.41. The second kappa shape index (κ2) is 8.33. The Morgan fingerprint density at radius 3 is 2.69 bits per heavy atom. The zero-order valence-corrected chi connectivity index (χ0v) is 16.6. The number of nitrogens with zero attached hydrogens (tertiary/aromatic N) is 3. The van der Waals surface area contributed by atoms with Crippen molar-refractivity contribution in [2.24, 2.45) is 0 Å². The minimum absolute atomic E-state index is 0.0518. The number of likely N-dealkylation sites (tertiary alicyclic amines) is 1. The van der Waals surface area contributed by atoms with Crippen LogP contribution in [0.2, 0.25) is 0 Å². The summed E-state index contributed by atoms with van der Waals surface area (Å²) >= 11 is 0. The van der Waals surface area contributed by atoms with Crippen LogP contribution in [0.15, 0.2) is 48.8 Å². The molecule has 1 amide bonds. The number of benzene rings is 1. The monoisotopic (exact) mass is 393 g/mol. The second-order valence-electron chi connectivity index (χ2n) is 8.20. The standard InChI is InChI=1S/C23H27N3O3/c27-21(8-9-22(28)29)25-16-20-7-2-1-6-19(20)13-23(17-25)10-4-12-26(23)15-18-5-3-11-24-14-18/h1-3,5-7,11,14H,4,8-10,12-13,15-17H2,(H,28,29). The lowest BCUT2D eigenvalue weighted by molar-refractivity contribution is -0.141. The number of hydrogen-bond acceptors (Lipinski definition) is 4. The van der Waals surface area contributed by atoms with E-state index in [1.165, 1.54) is 16.7 Å². The first-order chi connectivity index (χ1) is 14.1. The Labute approximate surface area is 171 Å². The van der Waals surface area contributed by atoms with E-state index in [0.717, 1.165) is 32.4 Å². The Kier molecular flexibility index (Phi) is 5.62. The highest BCUT2D eigenvalue weighted by molar-refractivity contribution is 5.81. The maximum absolute atomic E-state index is 12.9. The van der Waals surface area contributed by atoms with Gasteiger partial charge in [-0.2, -0.15) is 0 Å². The predicted octanol–water partition coefficient (Wildman–Crippen LogP) is 2.87. The van der Waals surface area contributed by atoms with Crippen LogP contribution in [0.5, 0.6) is 0 Å². The van der Waals surface area contributed by atoms with Crippen LogP contribution in [0, 0.1) is 0 Å². The smallest absolute Gasteiger partial charge is 0.303 e. The van der Waals surface area contributed by atoms with Gasteiger partial charge in [0, 0.05) is 44.0 Å². The first kappa shape index (κ1) is 19.6. The van der Waals surface area contributed by atoms with E-state index in [2.05, 4.69) is 34.1 Å². The Hall–Kier alpha value is -2.73. The molecule has 1 aromatic heterocycles. The molecule has 2 aliphatic heterocycles. The number of rotatable bonds is 5. The fourth-order valence-corrected chi connectivity index (χ4v) is 4.79. The summed E-state index contributed by atoms with van der Waals surface area (Å²) in [6, 6.07) is 12.4. The molecule has 6 heteroatoms. The van der Waals surface area contributed by atoms with Crippen LogP contribution in [0.4, 0.5) is 0 Å². The summed E-state index contributed by atoms with van der Waals surface area (Å²) in [6.07, 6.45) is 6.66. The minimum Gasteiger partial charge on any atom is -0.481 e. The highest BCUT2D eigenvalue weighted by Gasteiger charge is 2.44. The van der Waals surface area contributed by atoms with Crippen molar-refractivity contribution >= 4 is 11.9 Å². The molecule has 1 saturated heterocycles. The van der Waals surface area contributed by atoms with Gasteiger partial charge in [-0.1, -0.05) is 30.3 Å². The van der Waals surface area contributed by atoms with Crippen molar-refractivity contribution in [1.82, 2.24) is 14.8 Å². The highest BCUT2D eigenvalue weighted by atomic mass is 16.4. The Bertz CT molecular complexity index is 886. The van der Waals surface area contributed by atoms with E-state index in [-0.39, 0.29) is 24.3 Å². The number of carbonyl (C=O) groups is 2. The zero-order valence-electron chi connectivity index (χ0n) is 16.6. The molecule has 0 aliphatic carbocycles. The van der Waals surface area contributed by atoms with Gasteiger partial charge in [-0.05, 0) is 48.6 Å². The Morgan fingerprint density at radius 2 is 1.93 bits per heavy atom. The van der Waals surface area contributed by atoms with Gasteiger partial charge >= 0.3 is 5.97 Å². The number of fused-ring (bicyclic) bond motifs is 1. The number of carboxylic acid groups (broad SMARTS) is 1. The molecule has 0 bridgehead atoms. The molecule has 3 heterocycles. The van der Waals surface area contributed by atoms with Crippen LogP contribution < -0.4 is 0 Å². The van der Waals surface area contributed by atoms with Crippen molar-refractivity contribution in [1.29, 1.82) is 0 Å². The van der Waals surface area contributed by atoms with Crippen molar-refractivity contribution in [3.63, 3.8) is 0 Å². The van der Waals surface area contributed by atoms with Crippen LogP contribution >= 0.6 is 0 Å². The van der Waals surface area contributed by atoms with Crippen molar-refractivity contribution in [2.45, 2.75) is 50.7 Å². The van der Waals surface area contributed by atoms with Crippen LogP contribution in [0.3, 0.4) is 0 Å². The molecular formula is C23H27N3O3. The molecule has 1 N–H and O–H groups in total. The molecule has 0 saturated carbocycles. The quantitative estimate of drug-likeness (QED) is 0.846. The van der Waals surface area contributed by atoms with E-state index in [9.17, 15) is 9.59 Å². The molecule has 152 valence electrons. The molecule has 29 heavy (non-hydrogen) atoms. The number of carboxylic acids is 1. The highest BCUT2D eigenvalue weighted by Crippen LogP contribution is 2.38. The number of carbonyl (C=O) groups excluding carboxylic acids is 1. The molecule has 1 spiro atoms. The summed E-state index contributed by atoms with van der Waals surface area (Å²) < 4.78 is 0. The number of aliphatic carboxylic acids is 1. The number of pyridine rings is 1. The average molecular weight is 393 g/mol. The van der Waals surface area contributed by atoms with Crippen LogP contribution in [0.25, 0.3) is 0 Å². The maximum atomic E-state index is 12.9. The average Bonchev–Trinajstić information content (AvgIpc) is 2.99. The third-order valence-electron chi connectivity index (χ3n) is 6.23. The molecule has 2 aliphatic rings. The van der Waals surface area contributed by atoms with Gasteiger partial charge in [-0.3, -0.25) is 19.5 Å². The van der Waals surface area contributed by atoms with Crippen LogP contribution in [-0.2, 0) is 29.1 Å². The Balaban J connectivity index is 1.63. The number of hydrogen-bond donors (Lipinski definition) is 1. The summed E-state index contributed by atoms with van der Waals surface area (Å²) in [5.74, 6) is -1.00. The van der Waals surface area contributed by atoms with Gasteiger partial charge in [0.25, 0.3) is 0 Å². The van der Waals surface area contributed by atoms with Crippen molar-refractivity contribution in [3.8, 4) is 0 Å². The second-order valence-corrected chi connectivity index (χ2v) is 8.20. The molecule has 1 aromatic carbocycles. The molecular weight excluding hydrogens is 366 g/mol. The summed E-state index contributed by atoms with van der Waals surface area (Å²) in [5, 5.41) is 9.00. The predicted molar refractivity (Wildman–Crippen MR) is 109 cm³/mol. The largest absolute Gasteiger partial charge is 0.481 e. The normalized spacial score (nSPS) is 21.7. The third-order valence-corrected chi connectivity index (χ3v) is 6.23. The van der Waals surface area contributed by atoms with Crippen molar-refractivity contribution < 1.29 is 14.7 Å².